The van der Waals surface area contributed by atoms with Gasteiger partial charge in [0.05, 0.1) is 6.04 Å². The van der Waals surface area contributed by atoms with E-state index < -0.39 is 17.7 Å². The van der Waals surface area contributed by atoms with Gasteiger partial charge < -0.3 is 0 Å². The van der Waals surface area contributed by atoms with Crippen molar-refractivity contribution in [3.8, 4) is 0 Å². The summed E-state index contributed by atoms with van der Waals surface area (Å²) in [7, 11) is 0. The molecule has 0 aliphatic heterocycles. The van der Waals surface area contributed by atoms with Gasteiger partial charge in [0.1, 0.15) is 11.6 Å². The lowest BCUT2D eigenvalue weighted by Gasteiger charge is -2.18. The van der Waals surface area contributed by atoms with Crippen LogP contribution in [0.4, 0.5) is 8.78 Å². The molecular formula is C14H12BrClF2N2. The van der Waals surface area contributed by atoms with Gasteiger partial charge in [-0.2, -0.15) is 0 Å². The molecule has 0 saturated carbocycles. The molecule has 1 atom stereocenters. The first-order valence-electron chi connectivity index (χ1n) is 5.86. The van der Waals surface area contributed by atoms with Gasteiger partial charge >= 0.3 is 0 Å². The van der Waals surface area contributed by atoms with Gasteiger partial charge in [0, 0.05) is 15.1 Å². The summed E-state index contributed by atoms with van der Waals surface area (Å²) in [6.07, 6.45) is 0.0851. The molecule has 0 aromatic heterocycles. The lowest BCUT2D eigenvalue weighted by molar-refractivity contribution is 0.500. The maximum Gasteiger partial charge on any atom is 0.129 e. The van der Waals surface area contributed by atoms with Crippen LogP contribution in [0.5, 0.6) is 0 Å². The Hall–Kier alpha value is -1.01. The molecule has 1 unspecified atom stereocenters. The largest absolute Gasteiger partial charge is 0.271 e. The number of nitrogens with one attached hydrogen (secondary N) is 1. The first-order chi connectivity index (χ1) is 9.51. The van der Waals surface area contributed by atoms with Crippen LogP contribution in [0, 0.1) is 11.6 Å². The van der Waals surface area contributed by atoms with E-state index in [1.165, 1.54) is 18.2 Å². The quantitative estimate of drug-likeness (QED) is 0.635. The predicted molar refractivity (Wildman–Crippen MR) is 79.3 cm³/mol. The van der Waals surface area contributed by atoms with Crippen LogP contribution in [-0.4, -0.2) is 0 Å². The SMILES string of the molecule is NNC(Cc1c(F)cccc1F)c1cc(Cl)cc(Br)c1. The van der Waals surface area contributed by atoms with Gasteiger partial charge in [0.15, 0.2) is 0 Å². The molecule has 0 radical (unpaired) electrons. The van der Waals surface area contributed by atoms with Crippen molar-refractivity contribution in [2.24, 2.45) is 5.84 Å². The zero-order chi connectivity index (χ0) is 14.7. The van der Waals surface area contributed by atoms with Crippen molar-refractivity contribution in [1.29, 1.82) is 0 Å². The van der Waals surface area contributed by atoms with E-state index in [9.17, 15) is 8.78 Å². The van der Waals surface area contributed by atoms with Gasteiger partial charge in [-0.3, -0.25) is 11.3 Å². The Morgan fingerprint density at radius 1 is 1.20 bits per heavy atom. The van der Waals surface area contributed by atoms with E-state index in [1.54, 1.807) is 18.2 Å². The molecule has 106 valence electrons. The topological polar surface area (TPSA) is 38.0 Å². The molecule has 6 heteroatoms. The average molecular weight is 362 g/mol. The Kier molecular flexibility index (Phi) is 5.10. The first-order valence-corrected chi connectivity index (χ1v) is 7.03. The molecule has 20 heavy (non-hydrogen) atoms. The summed E-state index contributed by atoms with van der Waals surface area (Å²) in [5, 5.41) is 0.517. The maximum absolute atomic E-state index is 13.7. The molecule has 3 N–H and O–H groups in total. The highest BCUT2D eigenvalue weighted by atomic mass is 79.9. The number of halogens is 4. The van der Waals surface area contributed by atoms with E-state index in [2.05, 4.69) is 21.4 Å². The second-order valence-electron chi connectivity index (χ2n) is 4.33. The van der Waals surface area contributed by atoms with Crippen molar-refractivity contribution in [2.75, 3.05) is 0 Å². The van der Waals surface area contributed by atoms with Crippen LogP contribution < -0.4 is 11.3 Å². The monoisotopic (exact) mass is 360 g/mol. The van der Waals surface area contributed by atoms with Crippen LogP contribution in [0.3, 0.4) is 0 Å². The minimum atomic E-state index is -0.591. The minimum absolute atomic E-state index is 0.00783. The zero-order valence-corrected chi connectivity index (χ0v) is 12.7. The van der Waals surface area contributed by atoms with E-state index in [0.29, 0.717) is 5.02 Å². The highest BCUT2D eigenvalue weighted by molar-refractivity contribution is 9.10. The summed E-state index contributed by atoms with van der Waals surface area (Å²) in [5.74, 6) is 4.32. The Bertz CT molecular complexity index is 582. The molecule has 0 bridgehead atoms. The third-order valence-corrected chi connectivity index (χ3v) is 3.63. The normalized spacial score (nSPS) is 12.4. The second kappa shape index (κ2) is 6.63. The Morgan fingerprint density at radius 3 is 2.40 bits per heavy atom. The average Bonchev–Trinajstić information content (AvgIpc) is 2.37. The van der Waals surface area contributed by atoms with Crippen molar-refractivity contribution in [2.45, 2.75) is 12.5 Å². The summed E-state index contributed by atoms with van der Waals surface area (Å²) in [6, 6.07) is 8.55. The van der Waals surface area contributed by atoms with Crippen molar-refractivity contribution in [3.05, 3.63) is 68.7 Å². The zero-order valence-electron chi connectivity index (χ0n) is 10.3. The van der Waals surface area contributed by atoms with Crippen molar-refractivity contribution in [1.82, 2.24) is 5.43 Å². The van der Waals surface area contributed by atoms with Gasteiger partial charge in [-0.25, -0.2) is 8.78 Å². The van der Waals surface area contributed by atoms with Crippen LogP contribution >= 0.6 is 27.5 Å². The Balaban J connectivity index is 2.33. The molecule has 2 rings (SSSR count). The number of rotatable bonds is 4. The van der Waals surface area contributed by atoms with Crippen LogP contribution in [0.2, 0.25) is 5.02 Å². The van der Waals surface area contributed by atoms with Gasteiger partial charge in [-0.1, -0.05) is 33.6 Å². The fraction of sp³-hybridized carbons (Fsp3) is 0.143. The summed E-state index contributed by atoms with van der Waals surface area (Å²) < 4.78 is 28.1. The van der Waals surface area contributed by atoms with Gasteiger partial charge in [-0.05, 0) is 42.3 Å². The van der Waals surface area contributed by atoms with E-state index in [-0.39, 0.29) is 12.0 Å². The summed E-state index contributed by atoms with van der Waals surface area (Å²) in [6.45, 7) is 0. The Labute approximate surface area is 129 Å². The Morgan fingerprint density at radius 2 is 1.85 bits per heavy atom. The summed E-state index contributed by atoms with van der Waals surface area (Å²) in [5.41, 5.74) is 3.30. The summed E-state index contributed by atoms with van der Waals surface area (Å²) >= 11 is 9.29. The van der Waals surface area contributed by atoms with Crippen LogP contribution in [-0.2, 0) is 6.42 Å². The number of hydrogen-bond donors (Lipinski definition) is 2. The number of benzene rings is 2. The van der Waals surface area contributed by atoms with E-state index in [1.807, 2.05) is 0 Å². The summed E-state index contributed by atoms with van der Waals surface area (Å²) in [4.78, 5) is 0. The van der Waals surface area contributed by atoms with Crippen LogP contribution in [0.25, 0.3) is 0 Å². The van der Waals surface area contributed by atoms with E-state index in [0.717, 1.165) is 10.0 Å². The highest BCUT2D eigenvalue weighted by Crippen LogP contribution is 2.27. The van der Waals surface area contributed by atoms with Crippen LogP contribution in [0.1, 0.15) is 17.2 Å². The minimum Gasteiger partial charge on any atom is -0.271 e. The molecular weight excluding hydrogens is 350 g/mol. The molecule has 2 aromatic rings. The highest BCUT2D eigenvalue weighted by Gasteiger charge is 2.17. The number of nitrogens with two attached hydrogens (primary N) is 1. The van der Waals surface area contributed by atoms with Crippen molar-refractivity contribution >= 4 is 27.5 Å². The van der Waals surface area contributed by atoms with Crippen molar-refractivity contribution in [3.63, 3.8) is 0 Å². The van der Waals surface area contributed by atoms with Gasteiger partial charge in [0.25, 0.3) is 0 Å². The van der Waals surface area contributed by atoms with E-state index in [4.69, 9.17) is 17.4 Å². The molecule has 0 aliphatic rings. The number of hydrazine groups is 1. The van der Waals surface area contributed by atoms with E-state index >= 15 is 0 Å². The lowest BCUT2D eigenvalue weighted by Crippen LogP contribution is -2.30. The molecule has 0 fully saturated rings. The third kappa shape index (κ3) is 3.55. The molecule has 0 aliphatic carbocycles. The smallest absolute Gasteiger partial charge is 0.129 e. The standard InChI is InChI=1S/C14H12BrClF2N2/c15-9-4-8(5-10(16)6-9)14(20-19)7-11-12(17)2-1-3-13(11)18/h1-6,14,20H,7,19H2. The molecule has 0 heterocycles. The van der Waals surface area contributed by atoms with Crippen molar-refractivity contribution < 1.29 is 8.78 Å². The van der Waals surface area contributed by atoms with Gasteiger partial charge in [0.2, 0.25) is 0 Å². The fourth-order valence-corrected chi connectivity index (χ4v) is 2.87. The lowest BCUT2D eigenvalue weighted by atomic mass is 9.98. The third-order valence-electron chi connectivity index (χ3n) is 2.96. The molecule has 0 spiro atoms. The predicted octanol–water partition coefficient (Wildman–Crippen LogP) is 4.13. The maximum atomic E-state index is 13.7. The first kappa shape index (κ1) is 15.4. The molecule has 2 nitrogen and oxygen atoms in total. The molecule has 0 amide bonds. The number of hydrogen-bond acceptors (Lipinski definition) is 2. The van der Waals surface area contributed by atoms with Gasteiger partial charge in [-0.15, -0.1) is 0 Å². The second-order valence-corrected chi connectivity index (χ2v) is 5.68. The molecule has 2 aromatic carbocycles. The van der Waals surface area contributed by atoms with Crippen LogP contribution in [0.15, 0.2) is 40.9 Å². The molecule has 0 saturated heterocycles. The fourth-order valence-electron chi connectivity index (χ4n) is 1.98.